The molecular formula is C52H89N3O20. The van der Waals surface area contributed by atoms with E-state index in [0.29, 0.717) is 51.4 Å². The highest BCUT2D eigenvalue weighted by atomic mass is 16.7. The van der Waals surface area contributed by atoms with Gasteiger partial charge >= 0.3 is 48.3 Å². The zero-order valence-electron chi connectivity index (χ0n) is 47.9. The average molecular weight is 1080 g/mol. The third-order valence-electron chi connectivity index (χ3n) is 12.7. The fourth-order valence-corrected chi connectivity index (χ4v) is 10.4. The molecule has 0 aromatic carbocycles. The van der Waals surface area contributed by atoms with E-state index in [1.54, 1.807) is 20.8 Å². The van der Waals surface area contributed by atoms with Crippen molar-refractivity contribution in [3.05, 3.63) is 0 Å². The van der Waals surface area contributed by atoms with E-state index in [1.807, 2.05) is 98.3 Å². The second-order valence-electron chi connectivity index (χ2n) is 22.5. The Kier molecular flexibility index (Phi) is 32.2. The van der Waals surface area contributed by atoms with Crippen LogP contribution in [0.25, 0.3) is 0 Å². The zero-order chi connectivity index (χ0) is 58.8. The number of carbonyl (C=O) groups is 5. The number of hydrogen-bond acceptors (Lipinski definition) is 23. The summed E-state index contributed by atoms with van der Waals surface area (Å²) in [6.07, 6.45) is 7.54. The normalized spacial score (nSPS) is 20.8. The largest absolute Gasteiger partial charge is 0.467 e. The molecule has 3 aliphatic heterocycles. The minimum atomic E-state index is -0.734. The van der Waals surface area contributed by atoms with E-state index in [1.165, 1.54) is 21.3 Å². The lowest BCUT2D eigenvalue weighted by atomic mass is 9.80. The lowest BCUT2D eigenvalue weighted by Gasteiger charge is -2.53. The van der Waals surface area contributed by atoms with E-state index in [2.05, 4.69) is 4.74 Å². The molecule has 75 heavy (non-hydrogen) atoms. The van der Waals surface area contributed by atoms with Crippen LogP contribution in [-0.2, 0) is 90.9 Å². The summed E-state index contributed by atoms with van der Waals surface area (Å²) >= 11 is 0. The molecule has 3 atom stereocenters. The molecule has 3 aliphatic rings. The van der Waals surface area contributed by atoms with Gasteiger partial charge in [0.2, 0.25) is 0 Å². The van der Waals surface area contributed by atoms with Crippen LogP contribution < -0.4 is 0 Å². The smallest absolute Gasteiger partial charge is 0.373 e. The fraction of sp³-hybridized carbons (Fsp3) is 0.846. The average Bonchev–Trinajstić information content (AvgIpc) is 3.27. The molecule has 23 nitrogen and oxygen atoms in total. The van der Waals surface area contributed by atoms with Gasteiger partial charge in [-0.2, -0.15) is 44.0 Å². The van der Waals surface area contributed by atoms with Gasteiger partial charge in [0.1, 0.15) is 12.2 Å². The van der Waals surface area contributed by atoms with Crippen LogP contribution in [-0.4, -0.2) is 160 Å². The Bertz CT molecular complexity index is 1720. The van der Waals surface area contributed by atoms with Crippen LogP contribution in [0.2, 0.25) is 0 Å². The van der Waals surface area contributed by atoms with Crippen molar-refractivity contribution in [2.45, 2.75) is 264 Å². The standard InChI is InChI=1S/C36H64N2O10.C13H25NO4.3CO2/c1-25(31(41)43-11)47-37-33(3,4)21-27(22-34(37,5)6)45-29(39)19-17-15-13-14-16-18-20-30(40)46-28-23-35(7,8)38(36(9,10)24-28)48-26(2)32(42)44-12;1-9(11(16)17-6)18-14-12(2,3)7-10(15)8-13(14,4)5;3*2-1-3/h25-28H,13-24H2,1-12H3;9-10,15H,7-8H2,1-6H3;;;. The lowest BCUT2D eigenvalue weighted by Crippen LogP contribution is -2.63. The number of hydroxylamine groups is 6. The number of methoxy groups -OCH3 is 3. The Balaban J connectivity index is 0. The highest BCUT2D eigenvalue weighted by Crippen LogP contribution is 2.43. The van der Waals surface area contributed by atoms with Gasteiger partial charge in [0.05, 0.1) is 27.4 Å². The van der Waals surface area contributed by atoms with Crippen molar-refractivity contribution in [1.82, 2.24) is 15.2 Å². The first-order chi connectivity index (χ1) is 34.5. The molecule has 3 saturated heterocycles. The zero-order valence-corrected chi connectivity index (χ0v) is 47.9. The van der Waals surface area contributed by atoms with Crippen molar-refractivity contribution < 1.29 is 96.0 Å². The molecule has 0 aromatic heterocycles. The minimum Gasteiger partial charge on any atom is -0.467 e. The number of piperidine rings is 3. The summed E-state index contributed by atoms with van der Waals surface area (Å²) in [6, 6.07) is 0. The molecule has 3 heterocycles. The van der Waals surface area contributed by atoms with Crippen LogP contribution >= 0.6 is 0 Å². The molecule has 1 N–H and O–H groups in total. The van der Waals surface area contributed by atoms with Gasteiger partial charge in [-0.05, 0) is 130 Å². The number of aliphatic hydroxyl groups is 1. The Hall–Kier alpha value is -4.79. The van der Waals surface area contributed by atoms with Crippen LogP contribution in [0.3, 0.4) is 0 Å². The molecule has 432 valence electrons. The van der Waals surface area contributed by atoms with E-state index >= 15 is 0 Å². The summed E-state index contributed by atoms with van der Waals surface area (Å²) in [4.78, 5) is 127. The summed E-state index contributed by atoms with van der Waals surface area (Å²) in [5.74, 6) is -1.64. The number of unbranched alkanes of at least 4 members (excludes halogenated alkanes) is 5. The number of hydrogen-bond donors (Lipinski definition) is 1. The molecule has 23 heteroatoms. The van der Waals surface area contributed by atoms with Crippen LogP contribution in [0, 0.1) is 0 Å². The molecule has 3 rings (SSSR count). The van der Waals surface area contributed by atoms with E-state index in [9.17, 15) is 29.1 Å². The molecule has 0 aromatic rings. The summed E-state index contributed by atoms with van der Waals surface area (Å²) in [7, 11) is 4.03. The fourth-order valence-electron chi connectivity index (χ4n) is 10.4. The van der Waals surface area contributed by atoms with Crippen LogP contribution in [0.1, 0.15) is 194 Å². The topological polar surface area (TPSA) is 292 Å². The molecular weight excluding hydrogens is 987 g/mol. The third kappa shape index (κ3) is 25.7. The molecule has 0 saturated carbocycles. The lowest BCUT2D eigenvalue weighted by molar-refractivity contribution is -0.309. The highest BCUT2D eigenvalue weighted by molar-refractivity contribution is 5.74. The van der Waals surface area contributed by atoms with Crippen molar-refractivity contribution in [2.24, 2.45) is 0 Å². The van der Waals surface area contributed by atoms with Gasteiger partial charge in [0, 0.05) is 71.8 Å². The van der Waals surface area contributed by atoms with Gasteiger partial charge in [-0.25, -0.2) is 14.4 Å². The number of esters is 5. The maximum absolute atomic E-state index is 12.7. The number of aliphatic hydroxyl groups excluding tert-OH is 1. The van der Waals surface area contributed by atoms with E-state index < -0.39 is 58.4 Å². The Morgan fingerprint density at radius 2 is 0.627 bits per heavy atom. The third-order valence-corrected chi connectivity index (χ3v) is 12.7. The number of rotatable bonds is 20. The number of nitrogens with zero attached hydrogens (tertiary/aromatic N) is 3. The van der Waals surface area contributed by atoms with Gasteiger partial charge in [-0.15, -0.1) is 0 Å². The van der Waals surface area contributed by atoms with Gasteiger partial charge in [-0.3, -0.25) is 24.1 Å². The first-order valence-electron chi connectivity index (χ1n) is 25.2. The Labute approximate surface area is 443 Å². The summed E-state index contributed by atoms with van der Waals surface area (Å²) < 4.78 is 26.1. The van der Waals surface area contributed by atoms with Crippen molar-refractivity contribution >= 4 is 48.3 Å². The van der Waals surface area contributed by atoms with Crippen molar-refractivity contribution in [1.29, 1.82) is 0 Å². The molecule has 3 unspecified atom stereocenters. The molecule has 0 aliphatic carbocycles. The summed E-state index contributed by atoms with van der Waals surface area (Å²) in [6.45, 7) is 29.2. The predicted molar refractivity (Wildman–Crippen MR) is 263 cm³/mol. The highest BCUT2D eigenvalue weighted by Gasteiger charge is 2.51. The summed E-state index contributed by atoms with van der Waals surface area (Å²) in [5.41, 5.74) is -2.47. The molecule has 0 spiro atoms. The predicted octanol–water partition coefficient (Wildman–Crippen LogP) is 5.97. The summed E-state index contributed by atoms with van der Waals surface area (Å²) in [5, 5.41) is 15.4. The first kappa shape index (κ1) is 72.3. The molecule has 0 radical (unpaired) electrons. The maximum atomic E-state index is 12.7. The van der Waals surface area contributed by atoms with Crippen molar-refractivity contribution in [3.8, 4) is 0 Å². The van der Waals surface area contributed by atoms with Gasteiger partial charge in [0.15, 0.2) is 18.3 Å². The quantitative estimate of drug-likeness (QED) is 0.0835. The van der Waals surface area contributed by atoms with E-state index in [0.717, 1.165) is 38.5 Å². The first-order valence-corrected chi connectivity index (χ1v) is 25.2. The van der Waals surface area contributed by atoms with Gasteiger partial charge in [-0.1, -0.05) is 25.7 Å². The van der Waals surface area contributed by atoms with Crippen molar-refractivity contribution in [2.75, 3.05) is 21.3 Å². The minimum absolute atomic E-state index is 0.187. The molecule has 0 bridgehead atoms. The van der Waals surface area contributed by atoms with Crippen LogP contribution in [0.4, 0.5) is 0 Å². The van der Waals surface area contributed by atoms with E-state index in [-0.39, 0.29) is 59.8 Å². The maximum Gasteiger partial charge on any atom is 0.373 e. The Morgan fingerprint density at radius 3 is 0.840 bits per heavy atom. The monoisotopic (exact) mass is 1080 g/mol. The molecule has 3 fully saturated rings. The van der Waals surface area contributed by atoms with Crippen LogP contribution in [0.15, 0.2) is 0 Å². The van der Waals surface area contributed by atoms with E-state index in [4.69, 9.17) is 62.2 Å². The second-order valence-corrected chi connectivity index (χ2v) is 22.5. The van der Waals surface area contributed by atoms with Gasteiger partial charge < -0.3 is 28.8 Å². The SMILES string of the molecule is COC(=O)C(C)ON1C(C)(C)CC(O)CC1(C)C.COC(=O)C(C)ON1C(C)(C)CC(OC(=O)CCCCCCCCC(=O)OC2CC(C)(C)N(OC(C)C(=O)OC)C(C)(C)C2)CC1(C)C.O=C=O.O=C=O.O=C=O. The molecule has 0 amide bonds. The number of carbonyl (C=O) groups excluding carboxylic acids is 11. The van der Waals surface area contributed by atoms with Crippen molar-refractivity contribution in [3.63, 3.8) is 0 Å². The second kappa shape index (κ2) is 33.4. The van der Waals surface area contributed by atoms with Crippen LogP contribution in [0.5, 0.6) is 0 Å². The van der Waals surface area contributed by atoms with Gasteiger partial charge in [0.25, 0.3) is 0 Å². The number of ether oxygens (including phenoxy) is 5. The Morgan fingerprint density at radius 1 is 0.427 bits per heavy atom.